The highest BCUT2D eigenvalue weighted by Gasteiger charge is 2.32. The fraction of sp³-hybridized carbons (Fsp3) is 0.107. The van der Waals surface area contributed by atoms with Crippen LogP contribution < -0.4 is 24.5 Å². The average Bonchev–Trinajstić information content (AvgIpc) is 3.53. The number of imidazole rings is 1. The molecule has 0 saturated heterocycles. The van der Waals surface area contributed by atoms with E-state index < -0.39 is 0 Å². The van der Waals surface area contributed by atoms with Gasteiger partial charge in [0.1, 0.15) is 16.0 Å². The predicted molar refractivity (Wildman–Crippen MR) is 141 cm³/mol. The van der Waals surface area contributed by atoms with Crippen LogP contribution in [0.15, 0.2) is 77.6 Å². The first-order valence-electron chi connectivity index (χ1n) is 11.3. The van der Waals surface area contributed by atoms with E-state index >= 15 is 0 Å². The third-order valence-corrected chi connectivity index (χ3v) is 7.48. The largest absolute Gasteiger partial charge is 0.497 e. The average molecular weight is 496 g/mol. The number of ether oxygens (including phenoxy) is 2. The summed E-state index contributed by atoms with van der Waals surface area (Å²) in [4.78, 5) is 34.1. The fourth-order valence-electron chi connectivity index (χ4n) is 4.61. The monoisotopic (exact) mass is 495 g/mol. The van der Waals surface area contributed by atoms with Gasteiger partial charge in [0.15, 0.2) is 4.96 Å². The lowest BCUT2D eigenvalue weighted by atomic mass is 10.0. The van der Waals surface area contributed by atoms with Gasteiger partial charge in [-0.15, -0.1) is 0 Å². The zero-order chi connectivity index (χ0) is 25.0. The molecule has 0 unspecified atom stereocenters. The summed E-state index contributed by atoms with van der Waals surface area (Å²) in [6, 6.07) is 22.6. The number of amides is 1. The van der Waals surface area contributed by atoms with Gasteiger partial charge in [-0.2, -0.15) is 0 Å². The Morgan fingerprint density at radius 1 is 0.806 bits per heavy atom. The van der Waals surface area contributed by atoms with Crippen LogP contribution in [0.25, 0.3) is 33.0 Å². The Hall–Kier alpha value is -4.43. The number of rotatable bonds is 4. The van der Waals surface area contributed by atoms with Gasteiger partial charge in [-0.1, -0.05) is 29.5 Å². The number of methoxy groups -OCH3 is 2. The number of para-hydroxylation sites is 1. The number of hydrogen-bond acceptors (Lipinski definition) is 6. The van der Waals surface area contributed by atoms with Crippen LogP contribution in [-0.4, -0.2) is 36.6 Å². The molecule has 1 aliphatic heterocycles. The van der Waals surface area contributed by atoms with Crippen molar-refractivity contribution >= 4 is 33.5 Å². The minimum atomic E-state index is -0.262. The topological polar surface area (TPSA) is 73.1 Å². The van der Waals surface area contributed by atoms with Crippen molar-refractivity contribution in [3.05, 3.63) is 93.2 Å². The fourth-order valence-corrected chi connectivity index (χ4v) is 5.67. The maximum atomic E-state index is 13.9. The number of anilines is 1. The number of fused-ring (bicyclic) bond motifs is 2. The zero-order valence-corrected chi connectivity index (χ0v) is 20.6. The van der Waals surface area contributed by atoms with E-state index in [1.807, 2.05) is 72.8 Å². The van der Waals surface area contributed by atoms with Crippen LogP contribution in [0.1, 0.15) is 5.56 Å². The van der Waals surface area contributed by atoms with Crippen LogP contribution in [0.4, 0.5) is 5.69 Å². The molecule has 0 radical (unpaired) electrons. The minimum absolute atomic E-state index is 0.195. The third-order valence-electron chi connectivity index (χ3n) is 6.44. The molecule has 3 heterocycles. The summed E-state index contributed by atoms with van der Waals surface area (Å²) >= 11 is 1.24. The first kappa shape index (κ1) is 22.1. The van der Waals surface area contributed by atoms with Crippen molar-refractivity contribution in [2.45, 2.75) is 0 Å². The number of aromatic nitrogens is 2. The SMILES string of the molecule is COc1ccc(-c2nc3s/c(=C4\C(=O)N(C)c5ccccc54)c(=O)n3c2-c2ccc(OC)cc2)cc1. The Labute approximate surface area is 210 Å². The second kappa shape index (κ2) is 8.35. The summed E-state index contributed by atoms with van der Waals surface area (Å²) in [7, 11) is 4.95. The lowest BCUT2D eigenvalue weighted by Gasteiger charge is -2.07. The molecule has 2 aromatic heterocycles. The first-order valence-corrected chi connectivity index (χ1v) is 12.1. The summed E-state index contributed by atoms with van der Waals surface area (Å²) in [5.74, 6) is 1.25. The van der Waals surface area contributed by atoms with E-state index in [4.69, 9.17) is 14.5 Å². The van der Waals surface area contributed by atoms with Crippen molar-refractivity contribution in [3.8, 4) is 34.0 Å². The molecular weight excluding hydrogens is 474 g/mol. The van der Waals surface area contributed by atoms with Gasteiger partial charge >= 0.3 is 0 Å². The molecule has 6 rings (SSSR count). The van der Waals surface area contributed by atoms with Crippen LogP contribution in [0.5, 0.6) is 11.5 Å². The smallest absolute Gasteiger partial charge is 0.275 e. The lowest BCUT2D eigenvalue weighted by Crippen LogP contribution is -2.30. The molecule has 1 amide bonds. The molecule has 0 bridgehead atoms. The Morgan fingerprint density at radius 2 is 1.42 bits per heavy atom. The summed E-state index contributed by atoms with van der Waals surface area (Å²) in [5.41, 5.74) is 4.71. The van der Waals surface area contributed by atoms with Crippen molar-refractivity contribution in [3.63, 3.8) is 0 Å². The number of hydrogen-bond donors (Lipinski definition) is 0. The number of likely N-dealkylation sites (N-methyl/N-ethyl adjacent to an activating group) is 1. The van der Waals surface area contributed by atoms with Crippen molar-refractivity contribution in [1.82, 2.24) is 9.38 Å². The van der Waals surface area contributed by atoms with Gasteiger partial charge in [0.05, 0.1) is 36.9 Å². The van der Waals surface area contributed by atoms with E-state index in [-0.39, 0.29) is 11.5 Å². The molecule has 0 aliphatic carbocycles. The maximum Gasteiger partial charge on any atom is 0.275 e. The molecule has 0 fully saturated rings. The van der Waals surface area contributed by atoms with Gasteiger partial charge < -0.3 is 14.4 Å². The van der Waals surface area contributed by atoms with Gasteiger partial charge in [0.2, 0.25) is 0 Å². The summed E-state index contributed by atoms with van der Waals surface area (Å²) < 4.78 is 12.6. The Morgan fingerprint density at radius 3 is 2.06 bits per heavy atom. The van der Waals surface area contributed by atoms with Gasteiger partial charge in [0, 0.05) is 23.7 Å². The van der Waals surface area contributed by atoms with E-state index in [0.29, 0.717) is 32.2 Å². The second-order valence-corrected chi connectivity index (χ2v) is 9.35. The summed E-state index contributed by atoms with van der Waals surface area (Å²) in [6.07, 6.45) is 0. The van der Waals surface area contributed by atoms with Crippen molar-refractivity contribution < 1.29 is 14.3 Å². The van der Waals surface area contributed by atoms with Crippen LogP contribution in [0.2, 0.25) is 0 Å². The standard InChI is InChI=1S/C28H21N3O4S/c1-30-21-7-5-4-6-20(21)22(26(30)32)25-27(33)31-24(17-10-14-19(35-3)15-11-17)23(29-28(31)36-25)16-8-12-18(34-2)13-9-16/h4-15H,1-3H3/b25-22-. The lowest BCUT2D eigenvalue weighted by molar-refractivity contribution is -0.112. The zero-order valence-electron chi connectivity index (χ0n) is 19.8. The summed E-state index contributed by atoms with van der Waals surface area (Å²) in [6.45, 7) is 0. The van der Waals surface area contributed by atoms with Crippen LogP contribution in [-0.2, 0) is 4.79 Å². The van der Waals surface area contributed by atoms with E-state index in [1.165, 1.54) is 11.3 Å². The number of carbonyl (C=O) groups is 1. The number of carbonyl (C=O) groups excluding carboxylic acids is 1. The van der Waals surface area contributed by atoms with Crippen molar-refractivity contribution in [2.24, 2.45) is 0 Å². The molecule has 1 aliphatic rings. The van der Waals surface area contributed by atoms with Crippen LogP contribution >= 0.6 is 11.3 Å². The van der Waals surface area contributed by atoms with Crippen LogP contribution in [0.3, 0.4) is 0 Å². The molecule has 0 atom stereocenters. The maximum absolute atomic E-state index is 13.9. The van der Waals surface area contributed by atoms with Crippen molar-refractivity contribution in [2.75, 3.05) is 26.2 Å². The first-order chi connectivity index (χ1) is 17.5. The quantitative estimate of drug-likeness (QED) is 0.377. The Kier molecular flexibility index (Phi) is 5.12. The highest BCUT2D eigenvalue weighted by molar-refractivity contribution is 7.15. The van der Waals surface area contributed by atoms with Gasteiger partial charge in [-0.05, 0) is 54.6 Å². The van der Waals surface area contributed by atoms with E-state index in [1.54, 1.807) is 30.6 Å². The number of thiazole rings is 1. The molecule has 178 valence electrons. The predicted octanol–water partition coefficient (Wildman–Crippen LogP) is 4.00. The van der Waals surface area contributed by atoms with Gasteiger partial charge in [-0.3, -0.25) is 9.59 Å². The third kappa shape index (κ3) is 3.22. The highest BCUT2D eigenvalue weighted by atomic mass is 32.1. The van der Waals surface area contributed by atoms with Crippen molar-refractivity contribution in [1.29, 1.82) is 0 Å². The molecule has 0 saturated carbocycles. The van der Waals surface area contributed by atoms with Gasteiger partial charge in [-0.25, -0.2) is 9.38 Å². The molecule has 3 aromatic carbocycles. The molecule has 36 heavy (non-hydrogen) atoms. The normalized spacial score (nSPS) is 14.4. The minimum Gasteiger partial charge on any atom is -0.497 e. The Balaban J connectivity index is 1.67. The molecular formula is C28H21N3O4S. The second-order valence-electron chi connectivity index (χ2n) is 8.38. The van der Waals surface area contributed by atoms with E-state index in [0.717, 1.165) is 28.1 Å². The van der Waals surface area contributed by atoms with E-state index in [9.17, 15) is 9.59 Å². The van der Waals surface area contributed by atoms with E-state index in [2.05, 4.69) is 0 Å². The summed E-state index contributed by atoms with van der Waals surface area (Å²) in [5, 5.41) is 0. The highest BCUT2D eigenvalue weighted by Crippen LogP contribution is 2.36. The molecule has 8 heteroatoms. The van der Waals surface area contributed by atoms with Gasteiger partial charge in [0.25, 0.3) is 11.5 Å². The molecule has 5 aromatic rings. The van der Waals surface area contributed by atoms with Crippen LogP contribution in [0, 0.1) is 0 Å². The number of nitrogens with zero attached hydrogens (tertiary/aromatic N) is 3. The number of benzene rings is 3. The molecule has 0 N–H and O–H groups in total. The molecule has 7 nitrogen and oxygen atoms in total. The molecule has 0 spiro atoms. The Bertz CT molecular complexity index is 1750.